The third-order valence-corrected chi connectivity index (χ3v) is 11.7. The third kappa shape index (κ3) is 32.9. The molecular formula is C51H99NO8. The minimum atomic E-state index is -0.944. The van der Waals surface area contributed by atoms with Gasteiger partial charge in [-0.3, -0.25) is 14.4 Å². The molecule has 0 spiro atoms. The van der Waals surface area contributed by atoms with Crippen molar-refractivity contribution in [3.8, 4) is 0 Å². The van der Waals surface area contributed by atoms with Crippen LogP contribution >= 0.6 is 0 Å². The first-order valence-corrected chi connectivity index (χ1v) is 25.6. The predicted molar refractivity (Wildman–Crippen MR) is 249 cm³/mol. The molecule has 0 aromatic carbocycles. The van der Waals surface area contributed by atoms with Gasteiger partial charge in [0.1, 0.15) is 5.41 Å². The van der Waals surface area contributed by atoms with Gasteiger partial charge in [0.2, 0.25) is 0 Å². The van der Waals surface area contributed by atoms with Gasteiger partial charge in [0.25, 0.3) is 0 Å². The highest BCUT2D eigenvalue weighted by molar-refractivity contribution is 5.76. The fourth-order valence-electron chi connectivity index (χ4n) is 7.72. The summed E-state index contributed by atoms with van der Waals surface area (Å²) in [4.78, 5) is 42.0. The van der Waals surface area contributed by atoms with Crippen LogP contribution in [0.3, 0.4) is 0 Å². The Morgan fingerprint density at radius 1 is 0.400 bits per heavy atom. The molecule has 0 atom stereocenters. The molecule has 0 saturated heterocycles. The summed E-state index contributed by atoms with van der Waals surface area (Å²) in [6.07, 6.45) is 29.4. The summed E-state index contributed by atoms with van der Waals surface area (Å²) < 4.78 is 29.5. The van der Waals surface area contributed by atoms with E-state index in [1.165, 1.54) is 77.0 Å². The normalized spacial score (nSPS) is 11.9. The first kappa shape index (κ1) is 58.3. The van der Waals surface area contributed by atoms with Crippen molar-refractivity contribution >= 4 is 17.9 Å². The van der Waals surface area contributed by atoms with Gasteiger partial charge in [0, 0.05) is 13.2 Å². The van der Waals surface area contributed by atoms with Crippen LogP contribution in [0.5, 0.6) is 0 Å². The van der Waals surface area contributed by atoms with Crippen LogP contribution in [0.2, 0.25) is 0 Å². The molecule has 0 aliphatic heterocycles. The van der Waals surface area contributed by atoms with Gasteiger partial charge in [0.05, 0.1) is 44.9 Å². The lowest BCUT2D eigenvalue weighted by atomic mass is 9.93. The highest BCUT2D eigenvalue weighted by atomic mass is 16.5. The minimum absolute atomic E-state index is 0.00545. The topological polar surface area (TPSA) is 101 Å². The monoisotopic (exact) mass is 854 g/mol. The number of rotatable bonds is 46. The van der Waals surface area contributed by atoms with Gasteiger partial charge in [-0.2, -0.15) is 0 Å². The van der Waals surface area contributed by atoms with Crippen molar-refractivity contribution in [3.63, 3.8) is 0 Å². The average Bonchev–Trinajstić information content (AvgIpc) is 3.24. The zero-order valence-corrected chi connectivity index (χ0v) is 40.7. The Morgan fingerprint density at radius 2 is 0.750 bits per heavy atom. The number of hydrogen-bond acceptors (Lipinski definition) is 9. The Kier molecular flexibility index (Phi) is 41.4. The molecule has 0 aromatic rings. The van der Waals surface area contributed by atoms with Gasteiger partial charge in [-0.15, -0.1) is 0 Å². The van der Waals surface area contributed by atoms with E-state index in [-0.39, 0.29) is 43.0 Å². The van der Waals surface area contributed by atoms with Crippen molar-refractivity contribution in [2.75, 3.05) is 65.9 Å². The Labute approximate surface area is 371 Å². The third-order valence-electron chi connectivity index (χ3n) is 11.7. The van der Waals surface area contributed by atoms with Crippen molar-refractivity contribution in [2.24, 2.45) is 17.3 Å². The van der Waals surface area contributed by atoms with Crippen molar-refractivity contribution in [3.05, 3.63) is 0 Å². The van der Waals surface area contributed by atoms with Gasteiger partial charge >= 0.3 is 17.9 Å². The molecule has 0 radical (unpaired) electrons. The molecule has 0 bridgehead atoms. The molecule has 60 heavy (non-hydrogen) atoms. The van der Waals surface area contributed by atoms with Gasteiger partial charge in [-0.1, -0.05) is 144 Å². The lowest BCUT2D eigenvalue weighted by Crippen LogP contribution is -2.39. The maximum Gasteiger partial charge on any atom is 0.316 e. The van der Waals surface area contributed by atoms with E-state index in [4.69, 9.17) is 23.7 Å². The van der Waals surface area contributed by atoms with E-state index >= 15 is 0 Å². The number of carbonyl (C=O) groups is 3. The largest absolute Gasteiger partial charge is 0.465 e. The zero-order chi connectivity index (χ0) is 44.4. The van der Waals surface area contributed by atoms with Crippen molar-refractivity contribution < 1.29 is 38.1 Å². The molecule has 0 N–H and O–H groups in total. The molecule has 0 rings (SSSR count). The summed E-state index contributed by atoms with van der Waals surface area (Å²) in [7, 11) is 0. The summed E-state index contributed by atoms with van der Waals surface area (Å²) >= 11 is 0. The van der Waals surface area contributed by atoms with Crippen LogP contribution in [0.15, 0.2) is 0 Å². The van der Waals surface area contributed by atoms with Crippen molar-refractivity contribution in [1.82, 2.24) is 4.90 Å². The summed E-state index contributed by atoms with van der Waals surface area (Å²) in [5.74, 6) is -0.371. The molecule has 0 aliphatic carbocycles. The van der Waals surface area contributed by atoms with Crippen LogP contribution in [0, 0.1) is 17.3 Å². The van der Waals surface area contributed by atoms with Gasteiger partial charge in [-0.05, 0) is 104 Å². The Bertz CT molecular complexity index is 893. The summed E-state index contributed by atoms with van der Waals surface area (Å²) in [6.45, 7) is 20.8. The smallest absolute Gasteiger partial charge is 0.316 e. The molecule has 9 heteroatoms. The van der Waals surface area contributed by atoms with Crippen LogP contribution in [-0.2, 0) is 38.1 Å². The zero-order valence-electron chi connectivity index (χ0n) is 40.7. The predicted octanol–water partition coefficient (Wildman–Crippen LogP) is 13.2. The van der Waals surface area contributed by atoms with E-state index < -0.39 is 5.41 Å². The fraction of sp³-hybridized carbons (Fsp3) is 0.941. The van der Waals surface area contributed by atoms with Gasteiger partial charge in [-0.25, -0.2) is 0 Å². The van der Waals surface area contributed by atoms with E-state index in [2.05, 4.69) is 46.4 Å². The molecular weight excluding hydrogens is 755 g/mol. The molecule has 0 aliphatic rings. The minimum Gasteiger partial charge on any atom is -0.465 e. The van der Waals surface area contributed by atoms with Gasteiger partial charge in [0.15, 0.2) is 0 Å². The first-order valence-electron chi connectivity index (χ1n) is 25.6. The summed E-state index contributed by atoms with van der Waals surface area (Å²) in [5, 5.41) is 0. The quantitative estimate of drug-likeness (QED) is 0.0336. The fourth-order valence-corrected chi connectivity index (χ4v) is 7.72. The Balaban J connectivity index is 4.98. The lowest BCUT2D eigenvalue weighted by Gasteiger charge is -2.27. The number of unbranched alkanes of at least 4 members (excludes halogenated alkanes) is 15. The van der Waals surface area contributed by atoms with Crippen LogP contribution in [0.1, 0.15) is 228 Å². The van der Waals surface area contributed by atoms with Crippen LogP contribution < -0.4 is 0 Å². The summed E-state index contributed by atoms with van der Waals surface area (Å²) in [5.41, 5.74) is -0.944. The number of hydrogen-bond donors (Lipinski definition) is 0. The highest BCUT2D eigenvalue weighted by Crippen LogP contribution is 2.23. The Morgan fingerprint density at radius 3 is 1.12 bits per heavy atom. The van der Waals surface area contributed by atoms with Crippen molar-refractivity contribution in [2.45, 2.75) is 228 Å². The summed E-state index contributed by atoms with van der Waals surface area (Å²) in [6, 6.07) is 0. The highest BCUT2D eigenvalue weighted by Gasteiger charge is 2.36. The SMILES string of the molecule is CCCCCCC(CCCCCC)C(=O)OCCCCOCC(C)(COCCCCOC(=O)C(CCCCCC)CCCCCC)C(=O)OCCCCN(CCC)CCC. The van der Waals surface area contributed by atoms with Crippen LogP contribution in [0.4, 0.5) is 0 Å². The number of carbonyl (C=O) groups excluding carboxylic acids is 3. The molecule has 0 amide bonds. The maximum absolute atomic E-state index is 13.5. The number of ether oxygens (including phenoxy) is 5. The molecule has 9 nitrogen and oxygen atoms in total. The average molecular weight is 854 g/mol. The van der Waals surface area contributed by atoms with Crippen LogP contribution in [0.25, 0.3) is 0 Å². The number of esters is 3. The van der Waals surface area contributed by atoms with Crippen molar-refractivity contribution in [1.29, 1.82) is 0 Å². The maximum atomic E-state index is 13.5. The molecule has 0 saturated carbocycles. The lowest BCUT2D eigenvalue weighted by molar-refractivity contribution is -0.164. The van der Waals surface area contributed by atoms with Gasteiger partial charge < -0.3 is 28.6 Å². The molecule has 0 unspecified atom stereocenters. The standard InChI is InChI=1S/C51H99NO8/c1-8-14-18-22-32-46(33-23-19-15-9-2)48(53)58-41-30-28-39-56-44-51(7,50(55)60-43-27-26-38-52(36-12-5)37-13-6)45-57-40-29-31-42-59-49(54)47(34-24-20-16-10-3)35-25-21-17-11-4/h46-47H,8-45H2,1-7H3. The van der Waals surface area contributed by atoms with E-state index in [0.717, 1.165) is 122 Å². The molecule has 0 heterocycles. The second kappa shape index (κ2) is 42.6. The first-order chi connectivity index (χ1) is 29.2. The van der Waals surface area contributed by atoms with E-state index in [1.807, 2.05) is 6.92 Å². The van der Waals surface area contributed by atoms with E-state index in [1.54, 1.807) is 0 Å². The van der Waals surface area contributed by atoms with E-state index in [9.17, 15) is 14.4 Å². The second-order valence-corrected chi connectivity index (χ2v) is 17.9. The Hall–Kier alpha value is -1.71. The second-order valence-electron chi connectivity index (χ2n) is 17.9. The van der Waals surface area contributed by atoms with E-state index in [0.29, 0.717) is 33.0 Å². The number of nitrogens with zero attached hydrogens (tertiary/aromatic N) is 1. The molecule has 0 fully saturated rings. The molecule has 356 valence electrons. The van der Waals surface area contributed by atoms with Crippen LogP contribution in [-0.4, -0.2) is 88.7 Å². The molecule has 0 aromatic heterocycles.